The van der Waals surface area contributed by atoms with Crippen LogP contribution in [0, 0.1) is 0 Å². The zero-order chi connectivity index (χ0) is 14.3. The van der Waals surface area contributed by atoms with Crippen LogP contribution in [-0.4, -0.2) is 38.2 Å². The fourth-order valence-electron chi connectivity index (χ4n) is 2.13. The van der Waals surface area contributed by atoms with Crippen LogP contribution in [0.15, 0.2) is 24.3 Å². The minimum atomic E-state index is 0.206. The SMILES string of the molecule is CCNC(CCN(C)C)c1ccccc1OC(C)C. The number of ether oxygens (including phenoxy) is 1. The highest BCUT2D eigenvalue weighted by atomic mass is 16.5. The molecule has 1 unspecified atom stereocenters. The lowest BCUT2D eigenvalue weighted by Crippen LogP contribution is -2.26. The molecule has 1 atom stereocenters. The van der Waals surface area contributed by atoms with Gasteiger partial charge >= 0.3 is 0 Å². The minimum absolute atomic E-state index is 0.206. The summed E-state index contributed by atoms with van der Waals surface area (Å²) in [5, 5.41) is 3.56. The van der Waals surface area contributed by atoms with Gasteiger partial charge in [0.1, 0.15) is 5.75 Å². The lowest BCUT2D eigenvalue weighted by atomic mass is 10.0. The van der Waals surface area contributed by atoms with Gasteiger partial charge in [0.2, 0.25) is 0 Å². The van der Waals surface area contributed by atoms with Crippen molar-refractivity contribution in [3.63, 3.8) is 0 Å². The first kappa shape index (κ1) is 16.0. The summed E-state index contributed by atoms with van der Waals surface area (Å²) < 4.78 is 5.93. The molecular formula is C16H28N2O. The Morgan fingerprint density at radius 3 is 2.47 bits per heavy atom. The Morgan fingerprint density at radius 2 is 1.89 bits per heavy atom. The second-order valence-corrected chi connectivity index (χ2v) is 5.41. The molecule has 0 aliphatic heterocycles. The number of rotatable bonds is 8. The molecule has 1 N–H and O–H groups in total. The van der Waals surface area contributed by atoms with Gasteiger partial charge in [-0.25, -0.2) is 0 Å². The highest BCUT2D eigenvalue weighted by Crippen LogP contribution is 2.28. The molecule has 0 aliphatic carbocycles. The van der Waals surface area contributed by atoms with E-state index in [0.717, 1.165) is 25.3 Å². The Morgan fingerprint density at radius 1 is 1.21 bits per heavy atom. The maximum Gasteiger partial charge on any atom is 0.124 e. The summed E-state index contributed by atoms with van der Waals surface area (Å²) >= 11 is 0. The van der Waals surface area contributed by atoms with Crippen molar-refractivity contribution in [2.45, 2.75) is 39.3 Å². The van der Waals surface area contributed by atoms with E-state index in [1.54, 1.807) is 0 Å². The Balaban J connectivity index is 2.87. The van der Waals surface area contributed by atoms with Crippen molar-refractivity contribution in [3.05, 3.63) is 29.8 Å². The van der Waals surface area contributed by atoms with Gasteiger partial charge in [-0.2, -0.15) is 0 Å². The minimum Gasteiger partial charge on any atom is -0.491 e. The molecule has 1 rings (SSSR count). The normalized spacial score (nSPS) is 13.0. The molecule has 1 aromatic rings. The van der Waals surface area contributed by atoms with Crippen LogP contribution in [0.4, 0.5) is 0 Å². The van der Waals surface area contributed by atoms with Gasteiger partial charge in [-0.1, -0.05) is 25.1 Å². The summed E-state index contributed by atoms with van der Waals surface area (Å²) in [7, 11) is 4.22. The van der Waals surface area contributed by atoms with Gasteiger partial charge in [0.15, 0.2) is 0 Å². The van der Waals surface area contributed by atoms with Crippen molar-refractivity contribution in [2.24, 2.45) is 0 Å². The van der Waals surface area contributed by atoms with Crippen LogP contribution < -0.4 is 10.1 Å². The van der Waals surface area contributed by atoms with Crippen molar-refractivity contribution < 1.29 is 4.74 Å². The average Bonchev–Trinajstić information content (AvgIpc) is 2.34. The van der Waals surface area contributed by atoms with Gasteiger partial charge in [-0.15, -0.1) is 0 Å². The van der Waals surface area contributed by atoms with Gasteiger partial charge in [-0.3, -0.25) is 0 Å². The highest BCUT2D eigenvalue weighted by molar-refractivity contribution is 5.36. The number of nitrogens with one attached hydrogen (secondary N) is 1. The summed E-state index contributed by atoms with van der Waals surface area (Å²) in [4.78, 5) is 2.22. The Hall–Kier alpha value is -1.06. The van der Waals surface area contributed by atoms with Crippen molar-refractivity contribution in [1.82, 2.24) is 10.2 Å². The summed E-state index contributed by atoms with van der Waals surface area (Å²) in [5.41, 5.74) is 1.26. The predicted octanol–water partition coefficient (Wildman–Crippen LogP) is 3.08. The molecule has 0 bridgehead atoms. The van der Waals surface area contributed by atoms with Crippen molar-refractivity contribution in [1.29, 1.82) is 0 Å². The molecule has 0 saturated carbocycles. The van der Waals surface area contributed by atoms with Gasteiger partial charge < -0.3 is 15.0 Å². The largest absolute Gasteiger partial charge is 0.491 e. The van der Waals surface area contributed by atoms with E-state index in [4.69, 9.17) is 4.74 Å². The standard InChI is InChI=1S/C16H28N2O/c1-6-17-15(11-12-18(4)5)14-9-7-8-10-16(14)19-13(2)3/h7-10,13,15,17H,6,11-12H2,1-5H3. The predicted molar refractivity (Wildman–Crippen MR) is 81.8 cm³/mol. The fourth-order valence-corrected chi connectivity index (χ4v) is 2.13. The van der Waals surface area contributed by atoms with E-state index in [-0.39, 0.29) is 6.10 Å². The van der Waals surface area contributed by atoms with Crippen LogP contribution in [-0.2, 0) is 0 Å². The lowest BCUT2D eigenvalue weighted by molar-refractivity contribution is 0.236. The molecule has 1 aromatic carbocycles. The first-order valence-corrected chi connectivity index (χ1v) is 7.18. The molecule has 3 nitrogen and oxygen atoms in total. The molecule has 0 fully saturated rings. The van der Waals surface area contributed by atoms with Crippen LogP contribution >= 0.6 is 0 Å². The van der Waals surface area contributed by atoms with Crippen molar-refractivity contribution in [2.75, 3.05) is 27.2 Å². The summed E-state index contributed by atoms with van der Waals surface area (Å²) in [6.07, 6.45) is 1.29. The highest BCUT2D eigenvalue weighted by Gasteiger charge is 2.15. The van der Waals surface area contributed by atoms with E-state index < -0.39 is 0 Å². The van der Waals surface area contributed by atoms with Crippen LogP contribution in [0.1, 0.15) is 38.8 Å². The molecule has 0 heterocycles. The van der Waals surface area contributed by atoms with E-state index >= 15 is 0 Å². The molecule has 0 radical (unpaired) electrons. The third-order valence-electron chi connectivity index (χ3n) is 2.97. The summed E-state index contributed by atoms with van der Waals surface area (Å²) in [6, 6.07) is 8.71. The molecule has 108 valence electrons. The third kappa shape index (κ3) is 5.62. The van der Waals surface area contributed by atoms with Crippen molar-refractivity contribution >= 4 is 0 Å². The van der Waals surface area contributed by atoms with Crippen LogP contribution in [0.25, 0.3) is 0 Å². The number of hydrogen-bond acceptors (Lipinski definition) is 3. The smallest absolute Gasteiger partial charge is 0.124 e. The molecule has 0 spiro atoms. The van der Waals surface area contributed by atoms with Crippen molar-refractivity contribution in [3.8, 4) is 5.75 Å². The quantitative estimate of drug-likeness (QED) is 0.781. The first-order valence-electron chi connectivity index (χ1n) is 7.18. The van der Waals surface area contributed by atoms with Crippen LogP contribution in [0.5, 0.6) is 5.75 Å². The van der Waals surface area contributed by atoms with Crippen LogP contribution in [0.3, 0.4) is 0 Å². The van der Waals surface area contributed by atoms with Gasteiger partial charge in [0.05, 0.1) is 6.10 Å². The number of para-hydroxylation sites is 1. The van der Waals surface area contributed by atoms with E-state index in [9.17, 15) is 0 Å². The monoisotopic (exact) mass is 264 g/mol. The first-order chi connectivity index (χ1) is 9.04. The molecular weight excluding hydrogens is 236 g/mol. The maximum atomic E-state index is 5.93. The molecule has 0 aromatic heterocycles. The van der Waals surface area contributed by atoms with E-state index in [1.165, 1.54) is 5.56 Å². The fraction of sp³-hybridized carbons (Fsp3) is 0.625. The summed E-state index contributed by atoms with van der Waals surface area (Å²) in [6.45, 7) is 8.31. The van der Waals surface area contributed by atoms with Gasteiger partial charge in [0.25, 0.3) is 0 Å². The second-order valence-electron chi connectivity index (χ2n) is 5.41. The molecule has 0 saturated heterocycles. The topological polar surface area (TPSA) is 24.5 Å². The Bertz CT molecular complexity index is 364. The van der Waals surface area contributed by atoms with Gasteiger partial charge in [-0.05, 0) is 53.5 Å². The maximum absolute atomic E-state index is 5.93. The molecule has 0 aliphatic rings. The number of nitrogens with zero attached hydrogens (tertiary/aromatic N) is 1. The third-order valence-corrected chi connectivity index (χ3v) is 2.97. The average molecular weight is 264 g/mol. The summed E-state index contributed by atoms with van der Waals surface area (Å²) in [5.74, 6) is 1.00. The zero-order valence-corrected chi connectivity index (χ0v) is 12.9. The van der Waals surface area contributed by atoms with E-state index in [1.807, 2.05) is 6.07 Å². The van der Waals surface area contributed by atoms with E-state index in [0.29, 0.717) is 6.04 Å². The lowest BCUT2D eigenvalue weighted by Gasteiger charge is -2.23. The second kappa shape index (κ2) is 8.18. The van der Waals surface area contributed by atoms with E-state index in [2.05, 4.69) is 63.3 Å². The molecule has 3 heteroatoms. The molecule has 19 heavy (non-hydrogen) atoms. The number of hydrogen-bond donors (Lipinski definition) is 1. The Kier molecular flexibility index (Phi) is 6.89. The Labute approximate surface area is 118 Å². The van der Waals surface area contributed by atoms with Gasteiger partial charge in [0, 0.05) is 11.6 Å². The zero-order valence-electron chi connectivity index (χ0n) is 12.9. The molecule has 0 amide bonds. The van der Waals surface area contributed by atoms with Crippen LogP contribution in [0.2, 0.25) is 0 Å². The number of benzene rings is 1.